The average molecular weight is 250 g/mol. The molecule has 94 valence electrons. The third kappa shape index (κ3) is 2.45. The van der Waals surface area contributed by atoms with Crippen molar-refractivity contribution in [3.05, 3.63) is 52.3 Å². The number of nitro benzene ring substituents is 1. The summed E-state index contributed by atoms with van der Waals surface area (Å²) in [5, 5.41) is 13.4. The van der Waals surface area contributed by atoms with Gasteiger partial charge in [-0.2, -0.15) is 4.39 Å². The molecule has 0 fully saturated rings. The largest absolute Gasteiger partial charge is 0.379 e. The van der Waals surface area contributed by atoms with Crippen LogP contribution in [-0.2, 0) is 13.6 Å². The molecule has 0 saturated carbocycles. The van der Waals surface area contributed by atoms with E-state index >= 15 is 0 Å². The van der Waals surface area contributed by atoms with Crippen molar-refractivity contribution in [2.24, 2.45) is 7.05 Å². The first-order valence-corrected chi connectivity index (χ1v) is 5.21. The van der Waals surface area contributed by atoms with Gasteiger partial charge < -0.3 is 9.88 Å². The minimum absolute atomic E-state index is 0.466. The van der Waals surface area contributed by atoms with Crippen molar-refractivity contribution >= 4 is 11.4 Å². The van der Waals surface area contributed by atoms with Gasteiger partial charge in [0.25, 0.3) is 0 Å². The Balaban J connectivity index is 2.09. The standard InChI is InChI=1S/C11H11FN4O2/c1-15-7-13-5-9(15)6-14-8-2-3-11(16(17)18)10(12)4-8/h2-5,7,14H,6H2,1H3. The lowest BCUT2D eigenvalue weighted by Crippen LogP contribution is -2.04. The van der Waals surface area contributed by atoms with E-state index in [2.05, 4.69) is 10.3 Å². The molecule has 18 heavy (non-hydrogen) atoms. The summed E-state index contributed by atoms with van der Waals surface area (Å²) in [6, 6.07) is 3.72. The van der Waals surface area contributed by atoms with Crippen LogP contribution in [0.3, 0.4) is 0 Å². The number of aryl methyl sites for hydroxylation is 1. The Kier molecular flexibility index (Phi) is 3.22. The van der Waals surface area contributed by atoms with Crippen LogP contribution in [0, 0.1) is 15.9 Å². The van der Waals surface area contributed by atoms with Crippen LogP contribution in [0.4, 0.5) is 15.8 Å². The van der Waals surface area contributed by atoms with Gasteiger partial charge in [-0.3, -0.25) is 10.1 Å². The number of anilines is 1. The first-order chi connectivity index (χ1) is 8.58. The summed E-state index contributed by atoms with van der Waals surface area (Å²) in [6.45, 7) is 0.466. The molecule has 0 saturated heterocycles. The lowest BCUT2D eigenvalue weighted by atomic mass is 10.2. The fourth-order valence-electron chi connectivity index (χ4n) is 1.51. The first-order valence-electron chi connectivity index (χ1n) is 5.21. The number of hydrogen-bond acceptors (Lipinski definition) is 4. The Morgan fingerprint density at radius 2 is 2.33 bits per heavy atom. The molecule has 0 aliphatic heterocycles. The molecule has 7 heteroatoms. The number of halogens is 1. The number of nitro groups is 1. The van der Waals surface area contributed by atoms with E-state index in [9.17, 15) is 14.5 Å². The van der Waals surface area contributed by atoms with E-state index in [1.807, 2.05) is 11.6 Å². The van der Waals surface area contributed by atoms with Gasteiger partial charge in [0.1, 0.15) is 0 Å². The van der Waals surface area contributed by atoms with Crippen molar-refractivity contribution in [3.63, 3.8) is 0 Å². The number of nitrogens with zero attached hydrogens (tertiary/aromatic N) is 3. The van der Waals surface area contributed by atoms with Gasteiger partial charge in [0.15, 0.2) is 0 Å². The minimum atomic E-state index is -0.852. The lowest BCUT2D eigenvalue weighted by Gasteiger charge is -2.06. The summed E-state index contributed by atoms with van der Waals surface area (Å²) in [6.07, 6.45) is 3.35. The van der Waals surface area contributed by atoms with Crippen LogP contribution < -0.4 is 5.32 Å². The van der Waals surface area contributed by atoms with Crippen molar-refractivity contribution in [2.45, 2.75) is 6.54 Å². The predicted octanol–water partition coefficient (Wildman–Crippen LogP) is 2.08. The summed E-state index contributed by atoms with van der Waals surface area (Å²) in [5.74, 6) is -0.852. The highest BCUT2D eigenvalue weighted by atomic mass is 19.1. The Bertz CT molecular complexity index is 582. The maximum absolute atomic E-state index is 13.3. The van der Waals surface area contributed by atoms with Gasteiger partial charge >= 0.3 is 5.69 Å². The van der Waals surface area contributed by atoms with E-state index in [0.717, 1.165) is 17.8 Å². The highest BCUT2D eigenvalue weighted by molar-refractivity contribution is 5.49. The van der Waals surface area contributed by atoms with Crippen LogP contribution in [0.15, 0.2) is 30.7 Å². The number of nitrogens with one attached hydrogen (secondary N) is 1. The third-order valence-corrected chi connectivity index (χ3v) is 2.53. The molecule has 1 aromatic carbocycles. The van der Waals surface area contributed by atoms with E-state index in [0.29, 0.717) is 12.2 Å². The number of aromatic nitrogens is 2. The van der Waals surface area contributed by atoms with E-state index in [4.69, 9.17) is 0 Å². The zero-order chi connectivity index (χ0) is 13.1. The fourth-order valence-corrected chi connectivity index (χ4v) is 1.51. The Hall–Kier alpha value is -2.44. The number of imidazole rings is 1. The maximum Gasteiger partial charge on any atom is 0.304 e. The summed E-state index contributed by atoms with van der Waals surface area (Å²) >= 11 is 0. The molecule has 0 atom stereocenters. The molecule has 6 nitrogen and oxygen atoms in total. The zero-order valence-corrected chi connectivity index (χ0v) is 9.63. The van der Waals surface area contributed by atoms with Crippen molar-refractivity contribution in [1.29, 1.82) is 0 Å². The molecule has 0 bridgehead atoms. The van der Waals surface area contributed by atoms with Gasteiger partial charge in [-0.05, 0) is 6.07 Å². The minimum Gasteiger partial charge on any atom is -0.379 e. The predicted molar refractivity (Wildman–Crippen MR) is 63.6 cm³/mol. The molecular formula is C11H11FN4O2. The smallest absolute Gasteiger partial charge is 0.304 e. The van der Waals surface area contributed by atoms with Crippen LogP contribution in [-0.4, -0.2) is 14.5 Å². The monoisotopic (exact) mass is 250 g/mol. The molecule has 0 spiro atoms. The normalized spacial score (nSPS) is 10.3. The second-order valence-corrected chi connectivity index (χ2v) is 3.77. The van der Waals surface area contributed by atoms with Crippen molar-refractivity contribution < 1.29 is 9.31 Å². The van der Waals surface area contributed by atoms with Crippen LogP contribution in [0.2, 0.25) is 0 Å². The van der Waals surface area contributed by atoms with Gasteiger partial charge in [-0.15, -0.1) is 0 Å². The van der Waals surface area contributed by atoms with E-state index < -0.39 is 16.4 Å². The average Bonchev–Trinajstić information content (AvgIpc) is 2.72. The van der Waals surface area contributed by atoms with Gasteiger partial charge in [-0.1, -0.05) is 0 Å². The molecule has 1 N–H and O–H groups in total. The summed E-state index contributed by atoms with van der Waals surface area (Å²) in [7, 11) is 1.85. The second kappa shape index (κ2) is 4.82. The van der Waals surface area contributed by atoms with E-state index in [-0.39, 0.29) is 0 Å². The van der Waals surface area contributed by atoms with Gasteiger partial charge in [0, 0.05) is 31.1 Å². The molecule has 2 aromatic rings. The molecule has 1 heterocycles. The van der Waals surface area contributed by atoms with Crippen LogP contribution in [0.25, 0.3) is 0 Å². The Labute approximate surface area is 102 Å². The topological polar surface area (TPSA) is 73.0 Å². The number of hydrogen-bond donors (Lipinski definition) is 1. The summed E-state index contributed by atoms with van der Waals surface area (Å²) < 4.78 is 15.2. The summed E-state index contributed by atoms with van der Waals surface area (Å²) in [4.78, 5) is 13.7. The lowest BCUT2D eigenvalue weighted by molar-refractivity contribution is -0.387. The van der Waals surface area contributed by atoms with E-state index in [1.54, 1.807) is 12.5 Å². The molecule has 0 amide bonds. The second-order valence-electron chi connectivity index (χ2n) is 3.77. The SMILES string of the molecule is Cn1cncc1CNc1ccc([N+](=O)[O-])c(F)c1. The molecular weight excluding hydrogens is 239 g/mol. The molecule has 1 aromatic heterocycles. The van der Waals surface area contributed by atoms with Gasteiger partial charge in [0.2, 0.25) is 5.82 Å². The zero-order valence-electron chi connectivity index (χ0n) is 9.63. The summed E-state index contributed by atoms with van der Waals surface area (Å²) in [5.41, 5.74) is 0.883. The highest BCUT2D eigenvalue weighted by Crippen LogP contribution is 2.21. The van der Waals surface area contributed by atoms with Crippen molar-refractivity contribution in [1.82, 2.24) is 9.55 Å². The van der Waals surface area contributed by atoms with Crippen LogP contribution in [0.5, 0.6) is 0 Å². The van der Waals surface area contributed by atoms with Crippen LogP contribution in [0.1, 0.15) is 5.69 Å². The quantitative estimate of drug-likeness (QED) is 0.666. The Morgan fingerprint density at radius 3 is 2.89 bits per heavy atom. The third-order valence-electron chi connectivity index (χ3n) is 2.53. The number of rotatable bonds is 4. The molecule has 0 unspecified atom stereocenters. The fraction of sp³-hybridized carbons (Fsp3) is 0.182. The van der Waals surface area contributed by atoms with Gasteiger partial charge in [0.05, 0.1) is 23.5 Å². The van der Waals surface area contributed by atoms with Gasteiger partial charge in [-0.25, -0.2) is 4.98 Å². The highest BCUT2D eigenvalue weighted by Gasteiger charge is 2.13. The van der Waals surface area contributed by atoms with Crippen molar-refractivity contribution in [3.8, 4) is 0 Å². The molecule has 2 rings (SSSR count). The molecule has 0 aliphatic carbocycles. The van der Waals surface area contributed by atoms with E-state index in [1.165, 1.54) is 6.07 Å². The van der Waals surface area contributed by atoms with Crippen LogP contribution >= 0.6 is 0 Å². The Morgan fingerprint density at radius 1 is 1.56 bits per heavy atom. The van der Waals surface area contributed by atoms with Crippen molar-refractivity contribution in [2.75, 3.05) is 5.32 Å². The number of benzene rings is 1. The molecule has 0 aliphatic rings. The maximum atomic E-state index is 13.3. The molecule has 0 radical (unpaired) electrons. The first kappa shape index (κ1) is 12.0.